The fourth-order valence-electron chi connectivity index (χ4n) is 5.17. The first-order valence-corrected chi connectivity index (χ1v) is 10.1. The molecule has 0 bridgehead atoms. The molecule has 1 N–H and O–H groups in total. The molecule has 0 aromatic carbocycles. The zero-order valence-electron chi connectivity index (χ0n) is 16.4. The van der Waals surface area contributed by atoms with Gasteiger partial charge >= 0.3 is 12.2 Å². The van der Waals surface area contributed by atoms with Gasteiger partial charge in [-0.3, -0.25) is 9.69 Å². The first-order chi connectivity index (χ1) is 14.2. The van der Waals surface area contributed by atoms with Crippen LogP contribution < -0.4 is 5.32 Å². The maximum Gasteiger partial charge on any atom is 0.435 e. The lowest BCUT2D eigenvalue weighted by Crippen LogP contribution is -2.72. The zero-order valence-corrected chi connectivity index (χ0v) is 16.4. The molecule has 8 nitrogen and oxygen atoms in total. The lowest BCUT2D eigenvalue weighted by atomic mass is 9.79. The summed E-state index contributed by atoms with van der Waals surface area (Å²) in [6.45, 7) is 4.62. The van der Waals surface area contributed by atoms with E-state index in [2.05, 4.69) is 20.4 Å². The van der Waals surface area contributed by atoms with E-state index in [0.29, 0.717) is 44.8 Å². The number of rotatable bonds is 2. The molecule has 0 unspecified atom stereocenters. The van der Waals surface area contributed by atoms with Crippen LogP contribution in [-0.4, -0.2) is 81.6 Å². The van der Waals surface area contributed by atoms with Crippen molar-refractivity contribution in [2.45, 2.75) is 37.5 Å². The SMILES string of the molecule is O=C1CCC2(CN(C(=O)N3CC4(CCN(Cc5ccc(C(F)(F)F)nn5)C4)C3)C2)N1. The molecule has 0 atom stereocenters. The number of hydrogen-bond acceptors (Lipinski definition) is 5. The molecule has 162 valence electrons. The summed E-state index contributed by atoms with van der Waals surface area (Å²) in [5, 5.41) is 9.98. The third-order valence-corrected chi connectivity index (χ3v) is 6.73. The van der Waals surface area contributed by atoms with E-state index in [0.717, 1.165) is 32.0 Å². The van der Waals surface area contributed by atoms with E-state index in [9.17, 15) is 22.8 Å². The molecule has 11 heteroatoms. The minimum absolute atomic E-state index is 0.0273. The Morgan fingerprint density at radius 2 is 1.80 bits per heavy atom. The van der Waals surface area contributed by atoms with Crippen LogP contribution in [0.1, 0.15) is 30.7 Å². The van der Waals surface area contributed by atoms with Crippen LogP contribution in [0.25, 0.3) is 0 Å². The standard InChI is InChI=1S/C19H23F3N6O2/c20-19(21,22)14-2-1-13(24-25-14)7-26-6-5-17(8-26)9-27(10-17)16(30)28-11-18(12-28)4-3-15(29)23-18/h1-2H,3-12H2,(H,23,29). The normalized spacial score (nSPS) is 24.8. The molecule has 5 rings (SSSR count). The van der Waals surface area contributed by atoms with E-state index >= 15 is 0 Å². The minimum Gasteiger partial charge on any atom is -0.347 e. The Labute approximate surface area is 171 Å². The molecule has 2 spiro atoms. The first kappa shape index (κ1) is 19.5. The Kier molecular flexibility index (Phi) is 4.25. The van der Waals surface area contributed by atoms with Crippen molar-refractivity contribution in [3.63, 3.8) is 0 Å². The van der Waals surface area contributed by atoms with Crippen LogP contribution in [0.2, 0.25) is 0 Å². The van der Waals surface area contributed by atoms with Crippen molar-refractivity contribution in [3.05, 3.63) is 23.5 Å². The van der Waals surface area contributed by atoms with Gasteiger partial charge in [0.2, 0.25) is 5.91 Å². The summed E-state index contributed by atoms with van der Waals surface area (Å²) in [7, 11) is 0. The van der Waals surface area contributed by atoms with Crippen LogP contribution in [0, 0.1) is 5.41 Å². The van der Waals surface area contributed by atoms with Crippen LogP contribution in [0.5, 0.6) is 0 Å². The summed E-state index contributed by atoms with van der Waals surface area (Å²) >= 11 is 0. The van der Waals surface area contributed by atoms with Gasteiger partial charge in [0, 0.05) is 51.1 Å². The largest absolute Gasteiger partial charge is 0.435 e. The second-order valence-corrected chi connectivity index (χ2v) is 9.19. The number of carbonyl (C=O) groups excluding carboxylic acids is 2. The number of aromatic nitrogens is 2. The fraction of sp³-hybridized carbons (Fsp3) is 0.684. The molecule has 4 aliphatic rings. The van der Waals surface area contributed by atoms with Crippen molar-refractivity contribution in [3.8, 4) is 0 Å². The Hall–Kier alpha value is -2.43. The van der Waals surface area contributed by atoms with Crippen LogP contribution in [0.4, 0.5) is 18.0 Å². The van der Waals surface area contributed by atoms with Crippen molar-refractivity contribution in [2.24, 2.45) is 5.41 Å². The maximum absolute atomic E-state index is 12.7. The molecule has 4 fully saturated rings. The topological polar surface area (TPSA) is 81.7 Å². The van der Waals surface area contributed by atoms with E-state index in [1.807, 2.05) is 4.90 Å². The Morgan fingerprint density at radius 3 is 2.40 bits per heavy atom. The highest BCUT2D eigenvalue weighted by Gasteiger charge is 2.54. The number of nitrogens with zero attached hydrogens (tertiary/aromatic N) is 5. The van der Waals surface area contributed by atoms with Gasteiger partial charge < -0.3 is 15.1 Å². The van der Waals surface area contributed by atoms with Gasteiger partial charge in [-0.2, -0.15) is 18.3 Å². The fourth-order valence-corrected chi connectivity index (χ4v) is 5.17. The van der Waals surface area contributed by atoms with E-state index in [4.69, 9.17) is 0 Å². The molecular weight excluding hydrogens is 401 g/mol. The second-order valence-electron chi connectivity index (χ2n) is 9.19. The van der Waals surface area contributed by atoms with E-state index in [1.165, 1.54) is 6.07 Å². The summed E-state index contributed by atoms with van der Waals surface area (Å²) in [6, 6.07) is 2.36. The molecule has 0 saturated carbocycles. The number of nitrogens with one attached hydrogen (secondary N) is 1. The number of carbonyl (C=O) groups is 2. The molecule has 5 heterocycles. The molecule has 1 aromatic rings. The number of urea groups is 1. The Balaban J connectivity index is 1.10. The predicted octanol–water partition coefficient (Wildman–Crippen LogP) is 1.09. The lowest BCUT2D eigenvalue weighted by Gasteiger charge is -2.54. The quantitative estimate of drug-likeness (QED) is 0.769. The number of hydrogen-bond donors (Lipinski definition) is 1. The highest BCUT2D eigenvalue weighted by atomic mass is 19.4. The third kappa shape index (κ3) is 3.38. The summed E-state index contributed by atoms with van der Waals surface area (Å²) in [4.78, 5) is 29.9. The summed E-state index contributed by atoms with van der Waals surface area (Å²) in [5.74, 6) is 0.0637. The van der Waals surface area contributed by atoms with Gasteiger partial charge in [-0.25, -0.2) is 4.79 Å². The molecule has 0 radical (unpaired) electrons. The smallest absolute Gasteiger partial charge is 0.347 e. The summed E-state index contributed by atoms with van der Waals surface area (Å²) in [5.41, 5.74) is -0.625. The summed E-state index contributed by atoms with van der Waals surface area (Å²) in [6.07, 6.45) is -2.20. The number of likely N-dealkylation sites (tertiary alicyclic amines) is 3. The van der Waals surface area contributed by atoms with Gasteiger partial charge in [-0.15, -0.1) is 5.10 Å². The van der Waals surface area contributed by atoms with Gasteiger partial charge in [-0.1, -0.05) is 0 Å². The third-order valence-electron chi connectivity index (χ3n) is 6.73. The van der Waals surface area contributed by atoms with Crippen LogP contribution in [-0.2, 0) is 17.5 Å². The van der Waals surface area contributed by atoms with E-state index in [-0.39, 0.29) is 22.9 Å². The van der Waals surface area contributed by atoms with Gasteiger partial charge in [0.05, 0.1) is 11.2 Å². The van der Waals surface area contributed by atoms with E-state index < -0.39 is 11.9 Å². The van der Waals surface area contributed by atoms with Gasteiger partial charge in [-0.05, 0) is 31.5 Å². The van der Waals surface area contributed by atoms with Crippen molar-refractivity contribution in [1.29, 1.82) is 0 Å². The average molecular weight is 424 g/mol. The summed E-state index contributed by atoms with van der Waals surface area (Å²) < 4.78 is 37.8. The van der Waals surface area contributed by atoms with E-state index in [1.54, 1.807) is 4.90 Å². The molecule has 4 aliphatic heterocycles. The van der Waals surface area contributed by atoms with Crippen molar-refractivity contribution >= 4 is 11.9 Å². The number of amides is 3. The molecule has 30 heavy (non-hydrogen) atoms. The second kappa shape index (κ2) is 6.53. The minimum atomic E-state index is -4.48. The van der Waals surface area contributed by atoms with Gasteiger partial charge in [0.15, 0.2) is 5.69 Å². The number of halogens is 3. The zero-order chi connectivity index (χ0) is 21.1. The monoisotopic (exact) mass is 424 g/mol. The van der Waals surface area contributed by atoms with Crippen LogP contribution in [0.3, 0.4) is 0 Å². The van der Waals surface area contributed by atoms with Gasteiger partial charge in [0.1, 0.15) is 0 Å². The molecule has 0 aliphatic carbocycles. The molecule has 1 aromatic heterocycles. The van der Waals surface area contributed by atoms with Gasteiger partial charge in [0.25, 0.3) is 0 Å². The average Bonchev–Trinajstić information content (AvgIpc) is 3.22. The molecule has 3 amide bonds. The Morgan fingerprint density at radius 1 is 1.07 bits per heavy atom. The van der Waals surface area contributed by atoms with Crippen molar-refractivity contribution < 1.29 is 22.8 Å². The number of alkyl halides is 3. The highest BCUT2D eigenvalue weighted by Crippen LogP contribution is 2.41. The first-order valence-electron chi connectivity index (χ1n) is 10.1. The molecular formula is C19H23F3N6O2. The molecule has 4 saturated heterocycles. The Bertz CT molecular complexity index is 862. The lowest BCUT2D eigenvalue weighted by molar-refractivity contribution is -0.141. The predicted molar refractivity (Wildman–Crippen MR) is 98.0 cm³/mol. The highest BCUT2D eigenvalue weighted by molar-refractivity contribution is 5.82. The van der Waals surface area contributed by atoms with Crippen LogP contribution >= 0.6 is 0 Å². The maximum atomic E-state index is 12.7. The van der Waals surface area contributed by atoms with Crippen molar-refractivity contribution in [1.82, 2.24) is 30.2 Å². The van der Waals surface area contributed by atoms with Crippen molar-refractivity contribution in [2.75, 3.05) is 39.3 Å². The van der Waals surface area contributed by atoms with Crippen LogP contribution in [0.15, 0.2) is 12.1 Å².